The summed E-state index contributed by atoms with van der Waals surface area (Å²) >= 11 is 0. The summed E-state index contributed by atoms with van der Waals surface area (Å²) < 4.78 is 11.2. The fourth-order valence-corrected chi connectivity index (χ4v) is 3.11. The van der Waals surface area contributed by atoms with Crippen molar-refractivity contribution in [2.75, 3.05) is 7.11 Å². The first-order valence-corrected chi connectivity index (χ1v) is 9.49. The van der Waals surface area contributed by atoms with Gasteiger partial charge >= 0.3 is 0 Å². The minimum Gasteiger partial charge on any atom is -0.496 e. The number of rotatable bonds is 3. The third kappa shape index (κ3) is 4.10. The number of ether oxygens (including phenoxy) is 1. The fraction of sp³-hybridized carbons (Fsp3) is 0.304. The number of methoxy groups -OCH3 is 1. The van der Waals surface area contributed by atoms with Crippen LogP contribution in [0.4, 0.5) is 0 Å². The maximum Gasteiger partial charge on any atom is 0.229 e. The van der Waals surface area contributed by atoms with E-state index in [0.29, 0.717) is 28.0 Å². The van der Waals surface area contributed by atoms with Crippen molar-refractivity contribution in [2.24, 2.45) is 5.92 Å². The van der Waals surface area contributed by atoms with Crippen molar-refractivity contribution >= 4 is 22.0 Å². The number of nitrogens with zero attached hydrogens (tertiary/aromatic N) is 2. The molecule has 2 aromatic carbocycles. The Morgan fingerprint density at radius 3 is 2.59 bits per heavy atom. The third-order valence-corrected chi connectivity index (χ3v) is 4.31. The summed E-state index contributed by atoms with van der Waals surface area (Å²) in [5.74, 6) is 1.56. The lowest BCUT2D eigenvalue weighted by Crippen LogP contribution is -2.04. The van der Waals surface area contributed by atoms with Crippen LogP contribution in [0.1, 0.15) is 49.5 Å². The highest BCUT2D eigenvalue weighted by molar-refractivity contribution is 5.89. The molecule has 6 nitrogen and oxygen atoms in total. The second-order valence-corrected chi connectivity index (χ2v) is 7.56. The van der Waals surface area contributed by atoms with Crippen molar-refractivity contribution in [1.82, 2.24) is 9.97 Å². The van der Waals surface area contributed by atoms with Gasteiger partial charge < -0.3 is 19.2 Å². The second kappa shape index (κ2) is 8.38. The van der Waals surface area contributed by atoms with E-state index in [1.54, 1.807) is 25.3 Å². The second-order valence-electron chi connectivity index (χ2n) is 7.56. The number of benzene rings is 2. The first-order valence-electron chi connectivity index (χ1n) is 9.49. The van der Waals surface area contributed by atoms with Gasteiger partial charge in [-0.2, -0.15) is 5.26 Å². The number of hydrogen-bond acceptors (Lipinski definition) is 5. The Balaban J connectivity index is 0.000000552. The Morgan fingerprint density at radius 1 is 1.21 bits per heavy atom. The lowest BCUT2D eigenvalue weighted by atomic mass is 10.0. The lowest BCUT2D eigenvalue weighted by Gasteiger charge is -2.15. The lowest BCUT2D eigenvalue weighted by molar-refractivity contribution is 0.183. The molecule has 2 N–H and O–H groups in total. The highest BCUT2D eigenvalue weighted by Crippen LogP contribution is 2.38. The van der Waals surface area contributed by atoms with Crippen molar-refractivity contribution in [3.63, 3.8) is 0 Å². The number of H-pyrrole nitrogens is 1. The molecule has 1 atom stereocenters. The van der Waals surface area contributed by atoms with Gasteiger partial charge in [0.15, 0.2) is 11.7 Å². The zero-order valence-corrected chi connectivity index (χ0v) is 17.3. The quantitative estimate of drug-likeness (QED) is 0.498. The molecule has 0 spiro atoms. The van der Waals surface area contributed by atoms with Gasteiger partial charge in [-0.05, 0) is 48.7 Å². The SMILES string of the molecule is CC(C)C.COc1cc(C)c2[nH]ccc2c1C(O)c1nc2cc(C#N)ccc2o1. The molecule has 0 radical (unpaired) electrons. The van der Waals surface area contributed by atoms with Crippen LogP contribution in [0.5, 0.6) is 5.75 Å². The molecule has 0 aliphatic heterocycles. The summed E-state index contributed by atoms with van der Waals surface area (Å²) in [5.41, 5.74) is 4.08. The topological polar surface area (TPSA) is 95.1 Å². The summed E-state index contributed by atoms with van der Waals surface area (Å²) in [7, 11) is 1.56. The maximum atomic E-state index is 10.9. The van der Waals surface area contributed by atoms with Crippen LogP contribution < -0.4 is 4.74 Å². The first-order chi connectivity index (χ1) is 13.8. The molecule has 0 amide bonds. The minimum atomic E-state index is -1.09. The number of fused-ring (bicyclic) bond motifs is 2. The number of aliphatic hydroxyl groups is 1. The van der Waals surface area contributed by atoms with Gasteiger partial charge in [0.05, 0.1) is 18.7 Å². The number of aliphatic hydroxyl groups excluding tert-OH is 1. The molecule has 0 saturated carbocycles. The molecule has 2 heterocycles. The number of aromatic amines is 1. The van der Waals surface area contributed by atoms with E-state index in [1.807, 2.05) is 25.3 Å². The zero-order valence-electron chi connectivity index (χ0n) is 17.3. The van der Waals surface area contributed by atoms with Crippen LogP contribution in [0.15, 0.2) is 40.9 Å². The molecule has 0 aliphatic carbocycles. The summed E-state index contributed by atoms with van der Waals surface area (Å²) in [5, 5.41) is 20.8. The van der Waals surface area contributed by atoms with Gasteiger partial charge in [0.25, 0.3) is 0 Å². The number of nitriles is 1. The highest BCUT2D eigenvalue weighted by atomic mass is 16.5. The molecular formula is C23H25N3O3. The zero-order chi connectivity index (χ0) is 21.1. The Bertz CT molecular complexity index is 1180. The van der Waals surface area contributed by atoms with Crippen molar-refractivity contribution in [3.05, 3.63) is 59.1 Å². The molecule has 0 fully saturated rings. The van der Waals surface area contributed by atoms with Crippen LogP contribution in [0.2, 0.25) is 0 Å². The molecule has 29 heavy (non-hydrogen) atoms. The number of hydrogen-bond donors (Lipinski definition) is 2. The molecule has 4 aromatic rings. The maximum absolute atomic E-state index is 10.9. The van der Waals surface area contributed by atoms with Crippen LogP contribution >= 0.6 is 0 Å². The molecule has 4 rings (SSSR count). The van der Waals surface area contributed by atoms with E-state index >= 15 is 0 Å². The molecule has 1 unspecified atom stereocenters. The number of aryl methyl sites for hydroxylation is 1. The van der Waals surface area contributed by atoms with Crippen LogP contribution in [0.3, 0.4) is 0 Å². The van der Waals surface area contributed by atoms with Crippen molar-refractivity contribution in [2.45, 2.75) is 33.8 Å². The van der Waals surface area contributed by atoms with Crippen LogP contribution in [-0.4, -0.2) is 22.2 Å². The number of aromatic nitrogens is 2. The average molecular weight is 391 g/mol. The monoisotopic (exact) mass is 391 g/mol. The van der Waals surface area contributed by atoms with Crippen molar-refractivity contribution in [3.8, 4) is 11.8 Å². The van der Waals surface area contributed by atoms with Gasteiger partial charge in [-0.1, -0.05) is 20.8 Å². The number of nitrogens with one attached hydrogen (secondary N) is 1. The largest absolute Gasteiger partial charge is 0.496 e. The van der Waals surface area contributed by atoms with Crippen LogP contribution in [0.25, 0.3) is 22.0 Å². The summed E-state index contributed by atoms with van der Waals surface area (Å²) in [6.45, 7) is 8.47. The highest BCUT2D eigenvalue weighted by Gasteiger charge is 2.25. The Labute approximate surface area is 169 Å². The van der Waals surface area contributed by atoms with Crippen LogP contribution in [-0.2, 0) is 0 Å². The number of oxazole rings is 1. The summed E-state index contributed by atoms with van der Waals surface area (Å²) in [6.07, 6.45) is 0.727. The van der Waals surface area contributed by atoms with Gasteiger partial charge in [0.2, 0.25) is 5.89 Å². The predicted molar refractivity (Wildman–Crippen MR) is 113 cm³/mol. The predicted octanol–water partition coefficient (Wildman–Crippen LogP) is 5.24. The molecule has 0 saturated heterocycles. The van der Waals surface area contributed by atoms with E-state index < -0.39 is 6.10 Å². The molecule has 150 valence electrons. The average Bonchev–Trinajstić information content (AvgIpc) is 3.33. The Kier molecular flexibility index (Phi) is 5.90. The van der Waals surface area contributed by atoms with E-state index in [1.165, 1.54) is 0 Å². The molecule has 0 aliphatic rings. The molecule has 6 heteroatoms. The van der Waals surface area contributed by atoms with E-state index in [-0.39, 0.29) is 5.89 Å². The Hall–Kier alpha value is -3.30. The standard InChI is InChI=1S/C19H15N3O3.C4H10/c1-10-7-15(24-2)16(12-5-6-21-17(10)12)18(23)19-22-13-8-11(9-20)3-4-14(13)25-19;1-4(2)3/h3-8,18,21,23H,1-2H3;4H,1-3H3. The van der Waals surface area contributed by atoms with Crippen molar-refractivity contribution < 1.29 is 14.3 Å². The fourth-order valence-electron chi connectivity index (χ4n) is 3.11. The van der Waals surface area contributed by atoms with Gasteiger partial charge in [-0.3, -0.25) is 0 Å². The molecule has 2 aromatic heterocycles. The van der Waals surface area contributed by atoms with Gasteiger partial charge in [0, 0.05) is 22.7 Å². The third-order valence-electron chi connectivity index (χ3n) is 4.31. The molecule has 0 bridgehead atoms. The summed E-state index contributed by atoms with van der Waals surface area (Å²) in [6, 6.07) is 10.8. The van der Waals surface area contributed by atoms with E-state index in [0.717, 1.165) is 22.4 Å². The smallest absolute Gasteiger partial charge is 0.229 e. The van der Waals surface area contributed by atoms with E-state index in [2.05, 4.69) is 36.8 Å². The Morgan fingerprint density at radius 2 is 1.93 bits per heavy atom. The van der Waals surface area contributed by atoms with Crippen molar-refractivity contribution in [1.29, 1.82) is 5.26 Å². The van der Waals surface area contributed by atoms with Gasteiger partial charge in [0.1, 0.15) is 11.3 Å². The van der Waals surface area contributed by atoms with Gasteiger partial charge in [-0.15, -0.1) is 0 Å². The van der Waals surface area contributed by atoms with Gasteiger partial charge in [-0.25, -0.2) is 4.98 Å². The van der Waals surface area contributed by atoms with E-state index in [9.17, 15) is 5.11 Å². The minimum absolute atomic E-state index is 0.162. The summed E-state index contributed by atoms with van der Waals surface area (Å²) in [4.78, 5) is 7.53. The van der Waals surface area contributed by atoms with E-state index in [4.69, 9.17) is 14.4 Å². The normalized spacial score (nSPS) is 11.9. The first kappa shape index (κ1) is 20.4. The molecular weight excluding hydrogens is 366 g/mol. The van der Waals surface area contributed by atoms with Crippen LogP contribution in [0, 0.1) is 24.2 Å².